The molecule has 4 N–H and O–H groups in total. The molecule has 0 aromatic rings. The van der Waals surface area contributed by atoms with Gasteiger partial charge in [0.05, 0.1) is 19.8 Å². The molecule has 94 valence electrons. The molecular weight excluding hydrogens is 214 g/mol. The Labute approximate surface area is 94.6 Å². The second kappa shape index (κ2) is 10.3. The van der Waals surface area contributed by atoms with Crippen LogP contribution >= 0.6 is 0 Å². The summed E-state index contributed by atoms with van der Waals surface area (Å²) in [5.74, 6) is -0.647. The first-order valence-corrected chi connectivity index (χ1v) is 4.99. The van der Waals surface area contributed by atoms with Crippen LogP contribution in [0.3, 0.4) is 0 Å². The molecule has 0 saturated heterocycles. The number of hydrogen-bond donors (Lipinski definition) is 3. The van der Waals surface area contributed by atoms with Gasteiger partial charge in [-0.05, 0) is 0 Å². The number of methoxy groups -OCH3 is 1. The van der Waals surface area contributed by atoms with Crippen molar-refractivity contribution < 1.29 is 19.1 Å². The molecule has 7 nitrogen and oxygen atoms in total. The minimum absolute atomic E-state index is 0.123. The van der Waals surface area contributed by atoms with E-state index in [1.54, 1.807) is 7.11 Å². The number of primary amides is 1. The second-order valence-electron chi connectivity index (χ2n) is 3.04. The molecule has 0 fully saturated rings. The van der Waals surface area contributed by atoms with Gasteiger partial charge in [-0.15, -0.1) is 0 Å². The molecule has 0 aromatic heterocycles. The lowest BCUT2D eigenvalue weighted by Crippen LogP contribution is -2.37. The number of nitrogens with one attached hydrogen (secondary N) is 2. The molecule has 0 spiro atoms. The Hall–Kier alpha value is -1.18. The van der Waals surface area contributed by atoms with Gasteiger partial charge in [-0.1, -0.05) is 0 Å². The van der Waals surface area contributed by atoms with Crippen molar-refractivity contribution in [1.29, 1.82) is 0 Å². The van der Waals surface area contributed by atoms with Crippen LogP contribution in [-0.2, 0) is 19.1 Å². The Bertz CT molecular complexity index is 211. The highest BCUT2D eigenvalue weighted by Gasteiger charge is 1.99. The monoisotopic (exact) mass is 233 g/mol. The van der Waals surface area contributed by atoms with Gasteiger partial charge in [0.2, 0.25) is 11.8 Å². The van der Waals surface area contributed by atoms with Crippen molar-refractivity contribution in [3.05, 3.63) is 0 Å². The molecule has 16 heavy (non-hydrogen) atoms. The summed E-state index contributed by atoms with van der Waals surface area (Å²) in [7, 11) is 1.60. The molecule has 0 aromatic carbocycles. The van der Waals surface area contributed by atoms with Crippen LogP contribution in [0.25, 0.3) is 0 Å². The van der Waals surface area contributed by atoms with Crippen LogP contribution in [0.4, 0.5) is 0 Å². The normalized spacial score (nSPS) is 10.1. The molecule has 0 rings (SSSR count). The zero-order chi connectivity index (χ0) is 12.2. The van der Waals surface area contributed by atoms with Crippen molar-refractivity contribution in [3.63, 3.8) is 0 Å². The Balaban J connectivity index is 3.20. The van der Waals surface area contributed by atoms with Gasteiger partial charge in [0.25, 0.3) is 0 Å². The number of nitrogens with two attached hydrogens (primary N) is 1. The molecule has 0 unspecified atom stereocenters. The van der Waals surface area contributed by atoms with E-state index in [-0.39, 0.29) is 25.7 Å². The molecular formula is C9H19N3O4. The number of carbonyl (C=O) groups excluding carboxylic acids is 2. The SMILES string of the molecule is COCCNCC(=O)NCCOCC(N)=O. The number of rotatable bonds is 10. The lowest BCUT2D eigenvalue weighted by Gasteiger charge is -2.06. The minimum Gasteiger partial charge on any atom is -0.383 e. The van der Waals surface area contributed by atoms with Gasteiger partial charge in [-0.25, -0.2) is 0 Å². The van der Waals surface area contributed by atoms with Crippen LogP contribution < -0.4 is 16.4 Å². The van der Waals surface area contributed by atoms with Crippen LogP contribution in [0.2, 0.25) is 0 Å². The fourth-order valence-electron chi connectivity index (χ4n) is 0.874. The second-order valence-corrected chi connectivity index (χ2v) is 3.04. The molecule has 0 radical (unpaired) electrons. The Kier molecular flexibility index (Phi) is 9.58. The lowest BCUT2D eigenvalue weighted by molar-refractivity contribution is -0.122. The van der Waals surface area contributed by atoms with E-state index in [0.29, 0.717) is 19.7 Å². The maximum Gasteiger partial charge on any atom is 0.243 e. The van der Waals surface area contributed by atoms with Gasteiger partial charge in [0, 0.05) is 20.2 Å². The van der Waals surface area contributed by atoms with Crippen LogP contribution in [0, 0.1) is 0 Å². The van der Waals surface area contributed by atoms with Crippen molar-refractivity contribution >= 4 is 11.8 Å². The number of carbonyl (C=O) groups is 2. The summed E-state index contributed by atoms with van der Waals surface area (Å²) in [6.07, 6.45) is 0. The predicted octanol–water partition coefficient (Wildman–Crippen LogP) is -2.16. The molecule has 7 heteroatoms. The molecule has 2 amide bonds. The predicted molar refractivity (Wildman–Crippen MR) is 57.8 cm³/mol. The lowest BCUT2D eigenvalue weighted by atomic mass is 10.5. The molecule has 0 bridgehead atoms. The largest absolute Gasteiger partial charge is 0.383 e. The first-order valence-electron chi connectivity index (χ1n) is 4.99. The van der Waals surface area contributed by atoms with Crippen LogP contribution in [0.15, 0.2) is 0 Å². The number of ether oxygens (including phenoxy) is 2. The molecule has 0 aliphatic carbocycles. The summed E-state index contributed by atoms with van der Waals surface area (Å²) < 4.78 is 9.66. The molecule has 0 saturated carbocycles. The van der Waals surface area contributed by atoms with E-state index >= 15 is 0 Å². The zero-order valence-corrected chi connectivity index (χ0v) is 9.45. The van der Waals surface area contributed by atoms with Gasteiger partial charge >= 0.3 is 0 Å². The number of hydrogen-bond acceptors (Lipinski definition) is 5. The molecule has 0 atom stereocenters. The maximum atomic E-state index is 11.1. The van der Waals surface area contributed by atoms with Gasteiger partial charge in [-0.3, -0.25) is 9.59 Å². The van der Waals surface area contributed by atoms with E-state index in [1.807, 2.05) is 0 Å². The Morgan fingerprint density at radius 3 is 2.62 bits per heavy atom. The highest BCUT2D eigenvalue weighted by atomic mass is 16.5. The summed E-state index contributed by atoms with van der Waals surface area (Å²) in [5.41, 5.74) is 4.86. The van der Waals surface area contributed by atoms with Gasteiger partial charge in [0.1, 0.15) is 6.61 Å². The maximum absolute atomic E-state index is 11.1. The summed E-state index contributed by atoms with van der Waals surface area (Å²) >= 11 is 0. The standard InChI is InChI=1S/C9H19N3O4/c1-15-4-2-11-6-9(14)12-3-5-16-7-8(10)13/h11H,2-7H2,1H3,(H2,10,13)(H,12,14). The fourth-order valence-corrected chi connectivity index (χ4v) is 0.874. The highest BCUT2D eigenvalue weighted by molar-refractivity contribution is 5.78. The highest BCUT2D eigenvalue weighted by Crippen LogP contribution is 1.73. The van der Waals surface area contributed by atoms with Gasteiger partial charge in [-0.2, -0.15) is 0 Å². The third-order valence-corrected chi connectivity index (χ3v) is 1.58. The smallest absolute Gasteiger partial charge is 0.243 e. The summed E-state index contributed by atoms with van der Waals surface area (Å²) in [5, 5.41) is 5.51. The van der Waals surface area contributed by atoms with Crippen molar-refractivity contribution in [3.8, 4) is 0 Å². The Morgan fingerprint density at radius 2 is 2.00 bits per heavy atom. The summed E-state index contributed by atoms with van der Waals surface area (Å²) in [6.45, 7) is 1.93. The van der Waals surface area contributed by atoms with Gasteiger partial charge in [0.15, 0.2) is 0 Å². The first kappa shape index (κ1) is 14.8. The van der Waals surface area contributed by atoms with Crippen LogP contribution in [-0.4, -0.2) is 58.4 Å². The average Bonchev–Trinajstić information content (AvgIpc) is 2.23. The first-order chi connectivity index (χ1) is 7.66. The van der Waals surface area contributed by atoms with Crippen molar-refractivity contribution in [2.24, 2.45) is 5.73 Å². The van der Waals surface area contributed by atoms with Gasteiger partial charge < -0.3 is 25.8 Å². The molecule has 0 heterocycles. The Morgan fingerprint density at radius 1 is 1.25 bits per heavy atom. The van der Waals surface area contributed by atoms with E-state index in [4.69, 9.17) is 15.2 Å². The van der Waals surface area contributed by atoms with Crippen LogP contribution in [0.1, 0.15) is 0 Å². The van der Waals surface area contributed by atoms with E-state index in [1.165, 1.54) is 0 Å². The van der Waals surface area contributed by atoms with Crippen molar-refractivity contribution in [2.45, 2.75) is 0 Å². The van der Waals surface area contributed by atoms with E-state index in [9.17, 15) is 9.59 Å². The third kappa shape index (κ3) is 10.9. The molecule has 0 aliphatic heterocycles. The van der Waals surface area contributed by atoms with E-state index < -0.39 is 5.91 Å². The zero-order valence-electron chi connectivity index (χ0n) is 9.45. The third-order valence-electron chi connectivity index (χ3n) is 1.58. The molecule has 0 aliphatic rings. The van der Waals surface area contributed by atoms with E-state index in [2.05, 4.69) is 10.6 Å². The van der Waals surface area contributed by atoms with Crippen LogP contribution in [0.5, 0.6) is 0 Å². The van der Waals surface area contributed by atoms with Crippen molar-refractivity contribution in [2.75, 3.05) is 46.6 Å². The average molecular weight is 233 g/mol. The summed E-state index contributed by atoms with van der Waals surface area (Å²) in [4.78, 5) is 21.4. The summed E-state index contributed by atoms with van der Waals surface area (Å²) in [6, 6.07) is 0. The van der Waals surface area contributed by atoms with Crippen molar-refractivity contribution in [1.82, 2.24) is 10.6 Å². The minimum atomic E-state index is -0.521. The van der Waals surface area contributed by atoms with E-state index in [0.717, 1.165) is 0 Å². The topological polar surface area (TPSA) is 103 Å². The quantitative estimate of drug-likeness (QED) is 0.373. The number of amides is 2. The fraction of sp³-hybridized carbons (Fsp3) is 0.778.